The highest BCUT2D eigenvalue weighted by molar-refractivity contribution is 7.97. The number of benzene rings is 11. The van der Waals surface area contributed by atoms with Crippen LogP contribution in [0, 0.1) is 57.3 Å². The Labute approximate surface area is 859 Å². The third-order valence-electron chi connectivity index (χ3n) is 25.0. The van der Waals surface area contributed by atoms with Gasteiger partial charge in [-0.15, -0.1) is 0 Å². The maximum absolute atomic E-state index is 13.9. The summed E-state index contributed by atoms with van der Waals surface area (Å²) in [6.07, 6.45) is 10.6. The Morgan fingerprint density at radius 2 is 0.727 bits per heavy atom. The number of carbonyl (C=O) groups excluding carboxylic acids is 2. The number of ether oxygens (including phenoxy) is 5. The van der Waals surface area contributed by atoms with Gasteiger partial charge in [-0.1, -0.05) is 309 Å². The Balaban J connectivity index is 0.000000292. The number of phenols is 2. The minimum atomic E-state index is -5.75. The van der Waals surface area contributed by atoms with Gasteiger partial charge in [0.1, 0.15) is 42.4 Å². The van der Waals surface area contributed by atoms with Gasteiger partial charge in [0.15, 0.2) is 41.0 Å². The molecule has 1 aliphatic rings. The molecule has 0 saturated heterocycles. The number of esters is 2. The second kappa shape index (κ2) is 57.7. The van der Waals surface area contributed by atoms with Gasteiger partial charge >= 0.3 is 11.9 Å². The van der Waals surface area contributed by atoms with E-state index in [0.29, 0.717) is 35.9 Å². The summed E-state index contributed by atoms with van der Waals surface area (Å²) in [7, 11) is -10.1. The third kappa shape index (κ3) is 40.7. The maximum atomic E-state index is 13.9. The zero-order valence-corrected chi connectivity index (χ0v) is 92.5. The predicted molar refractivity (Wildman–Crippen MR) is 573 cm³/mol. The average Bonchev–Trinajstić information content (AvgIpc) is 0.764. The first-order valence-corrected chi connectivity index (χ1v) is 55.0. The molecule has 12 rings (SSSR count). The van der Waals surface area contributed by atoms with Gasteiger partial charge < -0.3 is 43.0 Å². The Morgan fingerprint density at radius 3 is 1.02 bits per heavy atom. The van der Waals surface area contributed by atoms with Gasteiger partial charge in [0.25, 0.3) is 0 Å². The molecule has 780 valence electrons. The van der Waals surface area contributed by atoms with Crippen LogP contribution in [-0.4, -0.2) is 73.4 Å². The Hall–Kier alpha value is -10.1. The number of halogens is 4. The maximum Gasteiger partial charge on any atom is 0.313 e. The van der Waals surface area contributed by atoms with Crippen LogP contribution in [0.15, 0.2) is 306 Å². The fraction of sp³-hybridized carbons (Fsp3) is 0.433. The van der Waals surface area contributed by atoms with E-state index < -0.39 is 77.6 Å². The number of carbonyl (C=O) groups is 2. The Kier molecular flexibility index (Phi) is 49.8. The van der Waals surface area contributed by atoms with Crippen molar-refractivity contribution in [3.63, 3.8) is 0 Å². The van der Waals surface area contributed by atoms with E-state index in [1.807, 2.05) is 114 Å². The van der Waals surface area contributed by atoms with Crippen molar-refractivity contribution in [2.45, 2.75) is 345 Å². The first-order valence-electron chi connectivity index (χ1n) is 49.7. The Morgan fingerprint density at radius 1 is 0.413 bits per heavy atom. The molecule has 143 heavy (non-hydrogen) atoms. The second-order valence-electron chi connectivity index (χ2n) is 41.5. The molecule has 11 aromatic carbocycles. The van der Waals surface area contributed by atoms with E-state index >= 15 is 0 Å². The quantitative estimate of drug-likeness (QED) is 0.0111. The van der Waals surface area contributed by atoms with Crippen LogP contribution in [0.1, 0.15) is 308 Å². The first-order chi connectivity index (χ1) is 66.9. The van der Waals surface area contributed by atoms with Gasteiger partial charge in [-0.05, 0) is 283 Å². The molecule has 0 aliphatic heterocycles. The molecule has 1 aliphatic carbocycles. The highest BCUT2D eigenvalue weighted by atomic mass is 32.2. The lowest BCUT2D eigenvalue weighted by Gasteiger charge is -2.41. The number of aromatic hydroxyl groups is 2. The van der Waals surface area contributed by atoms with Gasteiger partial charge in [-0.2, -0.15) is 8.78 Å². The topological polar surface area (TPSA) is 235 Å². The van der Waals surface area contributed by atoms with Crippen LogP contribution < -0.4 is 4.74 Å². The van der Waals surface area contributed by atoms with E-state index in [1.54, 1.807) is 48.5 Å². The van der Waals surface area contributed by atoms with E-state index in [4.69, 9.17) is 33.9 Å². The zero-order valence-electron chi connectivity index (χ0n) is 89.3. The number of phenolic OH excluding ortho intramolecular Hbond substituents is 2. The first kappa shape index (κ1) is 123. The van der Waals surface area contributed by atoms with Gasteiger partial charge in [0.05, 0.1) is 50.2 Å². The van der Waals surface area contributed by atoms with Crippen LogP contribution in [0.25, 0.3) is 0 Å². The molecule has 0 radical (unpaired) electrons. The van der Waals surface area contributed by atoms with Crippen LogP contribution in [0.2, 0.25) is 0 Å². The van der Waals surface area contributed by atoms with Crippen molar-refractivity contribution >= 4 is 54.0 Å². The number of aryl methyl sites for hydroxylation is 1. The largest absolute Gasteiger partial charge is 0.744 e. The zero-order chi connectivity index (χ0) is 107. The van der Waals surface area contributed by atoms with Crippen LogP contribution in [-0.2, 0) is 76.0 Å². The van der Waals surface area contributed by atoms with Gasteiger partial charge in [0, 0.05) is 10.8 Å². The molecule has 23 heteroatoms. The molecule has 0 amide bonds. The predicted octanol–water partition coefficient (Wildman–Crippen LogP) is 32.6. The molecule has 0 aromatic heterocycles. The Bertz CT molecular complexity index is 5660. The van der Waals surface area contributed by atoms with Crippen LogP contribution in [0.3, 0.4) is 0 Å². The third-order valence-corrected chi connectivity index (χ3v) is 31.1. The highest BCUT2D eigenvalue weighted by Gasteiger charge is 2.43. The van der Waals surface area contributed by atoms with Crippen molar-refractivity contribution in [2.75, 3.05) is 6.61 Å². The van der Waals surface area contributed by atoms with Crippen molar-refractivity contribution in [3.05, 3.63) is 324 Å². The minimum absolute atomic E-state index is 0.0229. The van der Waals surface area contributed by atoms with Crippen molar-refractivity contribution in [1.82, 2.24) is 0 Å². The van der Waals surface area contributed by atoms with Crippen LogP contribution in [0.4, 0.5) is 17.6 Å². The van der Waals surface area contributed by atoms with Crippen molar-refractivity contribution < 1.29 is 87.0 Å². The lowest BCUT2D eigenvalue weighted by Crippen LogP contribution is -2.43. The lowest BCUT2D eigenvalue weighted by molar-refractivity contribution is -0.232. The van der Waals surface area contributed by atoms with Crippen molar-refractivity contribution in [3.8, 4) is 23.0 Å². The molecule has 2 N–H and O–H groups in total. The highest BCUT2D eigenvalue weighted by Crippen LogP contribution is 2.44. The smallest absolute Gasteiger partial charge is 0.313 e. The molecule has 6 atom stereocenters. The number of hydrogen-bond acceptors (Lipinski definition) is 15. The fourth-order valence-corrected chi connectivity index (χ4v) is 19.2. The molecule has 0 spiro atoms. The normalized spacial score (nSPS) is 13.9. The van der Waals surface area contributed by atoms with Gasteiger partial charge in [0.2, 0.25) is 30.0 Å². The summed E-state index contributed by atoms with van der Waals surface area (Å²) in [5.41, 5.74) is 6.32. The molecule has 0 heterocycles. The molecular formula is C120H158F4O15S4. The molecule has 0 bridgehead atoms. The van der Waals surface area contributed by atoms with Crippen molar-refractivity contribution in [1.29, 1.82) is 0 Å². The van der Waals surface area contributed by atoms with E-state index in [0.717, 1.165) is 62.5 Å². The summed E-state index contributed by atoms with van der Waals surface area (Å²) in [5, 5.41) is 18.0. The standard InChI is InChI=1S/C22H23S.C19H17S.C17H32O3.C16H14F4O4S.C16H32O3.C10H14O3S.2C10H14O/c1-22(2,3)18-14-16-21(17-15-18)23(19-10-6-4-7-11-19)20-12-8-5-9-13-20;1-16-12-14-19(15-13-16)20(17-8-4-2-5-9-17)18-10-6-3-7-11-18;1-7-16(4,5)14(18)20-15(19-13(2)3)17(6)11-9-8-10-12-17;1-3-8(2)9-4-6-10(7-5-9)24-15-11(17)13(19)16(25(21,22)23)14(20)12(15)18;1-10-16(8,9)12(17)19-13(15(5,6)7)18-11-14(2,3)4;1-3-8(2)9-4-6-10(7-5-9)14(11,12)13;2*1-3-8(2)9-4-6-10(11)7-5-9/h4-17H,1-3H3;2-15H,1H3;13,15H,7-12H2,1-6H3;4-8H,3H2,1-2H3,(H,21,22,23);13H,10-11H2,1-9H3;4-8H,3H2,1-2H3,(H,11,12,13);2*4-8,11H,3H2,1-2H3/q2*+1;;;;;;/p-2. The summed E-state index contributed by atoms with van der Waals surface area (Å²) in [6.45, 7) is 56.5. The fourth-order valence-electron chi connectivity index (χ4n) is 14.0. The summed E-state index contributed by atoms with van der Waals surface area (Å²) in [6, 6.07) is 88.0. The van der Waals surface area contributed by atoms with Gasteiger partial charge in [-0.25, -0.2) is 25.6 Å². The van der Waals surface area contributed by atoms with E-state index in [2.05, 4.69) is 267 Å². The molecule has 1 fully saturated rings. The van der Waals surface area contributed by atoms with Crippen molar-refractivity contribution in [2.24, 2.45) is 27.1 Å². The van der Waals surface area contributed by atoms with E-state index in [1.165, 1.54) is 95.2 Å². The number of rotatable bonds is 29. The average molecular weight is 2040 g/mol. The molecule has 15 nitrogen and oxygen atoms in total. The summed E-state index contributed by atoms with van der Waals surface area (Å²) < 4.78 is 147. The minimum Gasteiger partial charge on any atom is -0.744 e. The molecule has 1 saturated carbocycles. The van der Waals surface area contributed by atoms with Crippen LogP contribution >= 0.6 is 0 Å². The van der Waals surface area contributed by atoms with Gasteiger partial charge in [-0.3, -0.25) is 9.59 Å². The monoisotopic (exact) mass is 2040 g/mol. The lowest BCUT2D eigenvalue weighted by atomic mass is 9.75. The molecule has 11 aromatic rings. The van der Waals surface area contributed by atoms with E-state index in [9.17, 15) is 53.1 Å². The molecular weight excluding hydrogens is 1890 g/mol. The van der Waals surface area contributed by atoms with Crippen LogP contribution in [0.5, 0.6) is 23.0 Å². The second-order valence-corrected chi connectivity index (χ2v) is 48.3. The number of hydrogen-bond donors (Lipinski definition) is 2. The summed E-state index contributed by atoms with van der Waals surface area (Å²) in [5.74, 6) is -8.34. The molecule has 6 unspecified atom stereocenters. The van der Waals surface area contributed by atoms with E-state index in [-0.39, 0.29) is 78.1 Å². The summed E-state index contributed by atoms with van der Waals surface area (Å²) >= 11 is 0. The summed E-state index contributed by atoms with van der Waals surface area (Å²) in [4.78, 5) is 30.4. The SMILES string of the molecule is CC(C)(C)c1ccc([S+](c2ccccc2)c2ccccc2)cc1.CCC(C)(C)C(=O)OC(OC(C)C)C1(C)CCCCC1.CCC(C)(C)C(=O)OC(OCC(C)(C)C)C(C)(C)C.CCC(C)c1ccc(O)cc1.CCC(C)c1ccc(O)cc1.CCC(C)c1ccc(Oc2c(F)c(F)c(S(=O)(=O)[O-])c(F)c2F)cc1.CCC(C)c1ccc(S(=O)(=O)[O-])cc1.Cc1ccc([S+](c2ccccc2)c2ccccc2)cc1.